The Kier molecular flexibility index (Phi) is 7.24. The molecule has 0 saturated carbocycles. The standard InChI is InChI=1S/C24H21BrN4OS2/c1-3-13-29-23(20-14-31-16(2)22(20)17-7-5-4-6-8-17)27-28-24(29)32-15-21(30)26-19-11-9-18(25)10-12-19/h3-12,14H,1,13,15H2,2H3,(H,26,30). The summed E-state index contributed by atoms with van der Waals surface area (Å²) in [5.41, 5.74) is 4.11. The Morgan fingerprint density at radius 2 is 1.94 bits per heavy atom. The highest BCUT2D eigenvalue weighted by Crippen LogP contribution is 2.39. The molecule has 0 fully saturated rings. The van der Waals surface area contributed by atoms with E-state index in [9.17, 15) is 4.79 Å². The molecule has 1 amide bonds. The Morgan fingerprint density at radius 1 is 1.19 bits per heavy atom. The van der Waals surface area contributed by atoms with Crippen molar-refractivity contribution in [1.29, 1.82) is 0 Å². The summed E-state index contributed by atoms with van der Waals surface area (Å²) in [6.45, 7) is 6.56. The van der Waals surface area contributed by atoms with Crippen LogP contribution in [-0.2, 0) is 11.3 Å². The Morgan fingerprint density at radius 3 is 2.66 bits per heavy atom. The van der Waals surface area contributed by atoms with E-state index in [1.54, 1.807) is 11.3 Å². The summed E-state index contributed by atoms with van der Waals surface area (Å²) in [5, 5.41) is 14.6. The first-order valence-corrected chi connectivity index (χ1v) is 12.6. The fourth-order valence-corrected chi connectivity index (χ4v) is 5.21. The highest BCUT2D eigenvalue weighted by molar-refractivity contribution is 9.10. The highest BCUT2D eigenvalue weighted by atomic mass is 79.9. The van der Waals surface area contributed by atoms with Crippen LogP contribution in [0.15, 0.2) is 82.3 Å². The van der Waals surface area contributed by atoms with Crippen molar-refractivity contribution in [3.05, 3.63) is 82.0 Å². The van der Waals surface area contributed by atoms with Crippen LogP contribution >= 0.6 is 39.0 Å². The number of halogens is 1. The molecule has 2 aromatic carbocycles. The van der Waals surface area contributed by atoms with E-state index in [0.717, 1.165) is 32.7 Å². The summed E-state index contributed by atoms with van der Waals surface area (Å²) in [4.78, 5) is 13.7. The monoisotopic (exact) mass is 524 g/mol. The number of thioether (sulfide) groups is 1. The van der Waals surface area contributed by atoms with Gasteiger partial charge in [0.05, 0.1) is 5.75 Å². The summed E-state index contributed by atoms with van der Waals surface area (Å²) >= 11 is 6.46. The first-order chi connectivity index (χ1) is 15.6. The number of thiophene rings is 1. The molecule has 0 aliphatic rings. The van der Waals surface area contributed by atoms with Crippen LogP contribution in [-0.4, -0.2) is 26.4 Å². The van der Waals surface area contributed by atoms with Crippen molar-refractivity contribution in [3.8, 4) is 22.5 Å². The van der Waals surface area contributed by atoms with E-state index in [2.05, 4.69) is 62.5 Å². The van der Waals surface area contributed by atoms with E-state index < -0.39 is 0 Å². The molecule has 32 heavy (non-hydrogen) atoms. The molecule has 8 heteroatoms. The van der Waals surface area contributed by atoms with Gasteiger partial charge >= 0.3 is 0 Å². The lowest BCUT2D eigenvalue weighted by atomic mass is 10.0. The molecule has 4 aromatic rings. The van der Waals surface area contributed by atoms with Gasteiger partial charge in [-0.3, -0.25) is 9.36 Å². The van der Waals surface area contributed by atoms with Crippen molar-refractivity contribution in [1.82, 2.24) is 14.8 Å². The topological polar surface area (TPSA) is 59.8 Å². The van der Waals surface area contributed by atoms with Crippen molar-refractivity contribution >= 4 is 50.6 Å². The minimum atomic E-state index is -0.0941. The molecule has 0 unspecified atom stereocenters. The Hall–Kier alpha value is -2.68. The van der Waals surface area contributed by atoms with Gasteiger partial charge < -0.3 is 5.32 Å². The Balaban J connectivity index is 1.57. The van der Waals surface area contributed by atoms with E-state index in [1.165, 1.54) is 16.6 Å². The summed E-state index contributed by atoms with van der Waals surface area (Å²) in [6.07, 6.45) is 1.82. The average molecular weight is 525 g/mol. The number of amides is 1. The van der Waals surface area contributed by atoms with Crippen LogP contribution in [0.4, 0.5) is 5.69 Å². The van der Waals surface area contributed by atoms with Crippen LogP contribution < -0.4 is 5.32 Å². The maximum absolute atomic E-state index is 12.4. The lowest BCUT2D eigenvalue weighted by Crippen LogP contribution is -2.14. The third-order valence-corrected chi connectivity index (χ3v) is 7.17. The molecule has 1 N–H and O–H groups in total. The van der Waals surface area contributed by atoms with Crippen molar-refractivity contribution in [2.75, 3.05) is 11.1 Å². The van der Waals surface area contributed by atoms with Gasteiger partial charge in [-0.1, -0.05) is 64.1 Å². The van der Waals surface area contributed by atoms with Crippen molar-refractivity contribution in [3.63, 3.8) is 0 Å². The van der Waals surface area contributed by atoms with Gasteiger partial charge in [0.1, 0.15) is 0 Å². The predicted molar refractivity (Wildman–Crippen MR) is 137 cm³/mol. The molecule has 2 heterocycles. The van der Waals surface area contributed by atoms with E-state index in [4.69, 9.17) is 0 Å². The highest BCUT2D eigenvalue weighted by Gasteiger charge is 2.20. The van der Waals surface area contributed by atoms with Gasteiger partial charge in [0.2, 0.25) is 5.91 Å². The van der Waals surface area contributed by atoms with Gasteiger partial charge in [-0.2, -0.15) is 0 Å². The average Bonchev–Trinajstić information content (AvgIpc) is 3.37. The third kappa shape index (κ3) is 5.03. The van der Waals surface area contributed by atoms with Crippen molar-refractivity contribution in [2.24, 2.45) is 0 Å². The third-order valence-electron chi connectivity index (χ3n) is 4.77. The van der Waals surface area contributed by atoms with Crippen LogP contribution in [0.1, 0.15) is 4.88 Å². The number of carbonyl (C=O) groups is 1. The van der Waals surface area contributed by atoms with E-state index in [1.807, 2.05) is 53.1 Å². The number of nitrogens with one attached hydrogen (secondary N) is 1. The zero-order chi connectivity index (χ0) is 22.5. The Bertz CT molecular complexity index is 1230. The number of anilines is 1. The maximum atomic E-state index is 12.4. The molecule has 162 valence electrons. The normalized spacial score (nSPS) is 10.8. The molecule has 0 aliphatic carbocycles. The number of aryl methyl sites for hydroxylation is 1. The quantitative estimate of drug-likeness (QED) is 0.206. The predicted octanol–water partition coefficient (Wildman–Crippen LogP) is 6.66. The molecule has 0 aliphatic heterocycles. The molecule has 0 saturated heterocycles. The first kappa shape index (κ1) is 22.5. The summed E-state index contributed by atoms with van der Waals surface area (Å²) in [7, 11) is 0. The molecule has 0 radical (unpaired) electrons. The van der Waals surface area contributed by atoms with E-state index >= 15 is 0 Å². The van der Waals surface area contributed by atoms with Gasteiger partial charge in [0.15, 0.2) is 11.0 Å². The second kappa shape index (κ2) is 10.3. The second-order valence-corrected chi connectivity index (χ2v) is 9.94. The number of carbonyl (C=O) groups excluding carboxylic acids is 1. The summed E-state index contributed by atoms with van der Waals surface area (Å²) in [5.74, 6) is 0.923. The zero-order valence-corrected chi connectivity index (χ0v) is 20.6. The minimum Gasteiger partial charge on any atom is -0.325 e. The van der Waals surface area contributed by atoms with Gasteiger partial charge in [0.25, 0.3) is 0 Å². The number of hydrogen-bond acceptors (Lipinski definition) is 5. The SMILES string of the molecule is C=CCn1c(SCC(=O)Nc2ccc(Br)cc2)nnc1-c1csc(C)c1-c1ccccc1. The fraction of sp³-hybridized carbons (Fsp3) is 0.125. The summed E-state index contributed by atoms with van der Waals surface area (Å²) < 4.78 is 2.98. The molecular formula is C24H21BrN4OS2. The van der Waals surface area contributed by atoms with Gasteiger partial charge in [-0.25, -0.2) is 0 Å². The van der Waals surface area contributed by atoms with Gasteiger partial charge in [0, 0.05) is 38.1 Å². The zero-order valence-electron chi connectivity index (χ0n) is 17.4. The molecule has 5 nitrogen and oxygen atoms in total. The number of rotatable bonds is 8. The largest absolute Gasteiger partial charge is 0.325 e. The number of aromatic nitrogens is 3. The number of hydrogen-bond donors (Lipinski definition) is 1. The van der Waals surface area contributed by atoms with E-state index in [0.29, 0.717) is 11.7 Å². The van der Waals surface area contributed by atoms with Gasteiger partial charge in [-0.15, -0.1) is 28.1 Å². The van der Waals surface area contributed by atoms with Gasteiger partial charge in [-0.05, 0) is 36.8 Å². The van der Waals surface area contributed by atoms with Crippen molar-refractivity contribution < 1.29 is 4.79 Å². The summed E-state index contributed by atoms with van der Waals surface area (Å²) in [6, 6.07) is 17.8. The van der Waals surface area contributed by atoms with Crippen LogP contribution in [0.3, 0.4) is 0 Å². The minimum absolute atomic E-state index is 0.0941. The fourth-order valence-electron chi connectivity index (χ4n) is 3.33. The number of nitrogens with zero attached hydrogens (tertiary/aromatic N) is 3. The van der Waals surface area contributed by atoms with Crippen LogP contribution in [0.2, 0.25) is 0 Å². The number of benzene rings is 2. The van der Waals surface area contributed by atoms with Crippen LogP contribution in [0.5, 0.6) is 0 Å². The van der Waals surface area contributed by atoms with E-state index in [-0.39, 0.29) is 11.7 Å². The Labute approximate surface area is 203 Å². The second-order valence-electron chi connectivity index (χ2n) is 7.00. The van der Waals surface area contributed by atoms with Crippen LogP contribution in [0, 0.1) is 6.92 Å². The lowest BCUT2D eigenvalue weighted by Gasteiger charge is -2.10. The molecule has 2 aromatic heterocycles. The first-order valence-electron chi connectivity index (χ1n) is 9.93. The molecular weight excluding hydrogens is 504 g/mol. The molecule has 0 spiro atoms. The smallest absolute Gasteiger partial charge is 0.234 e. The lowest BCUT2D eigenvalue weighted by molar-refractivity contribution is -0.113. The molecule has 4 rings (SSSR count). The number of allylic oxidation sites excluding steroid dienone is 1. The van der Waals surface area contributed by atoms with Crippen LogP contribution in [0.25, 0.3) is 22.5 Å². The molecule has 0 atom stereocenters. The molecule has 0 bridgehead atoms. The maximum Gasteiger partial charge on any atom is 0.234 e. The van der Waals surface area contributed by atoms with Crippen molar-refractivity contribution in [2.45, 2.75) is 18.6 Å².